The molecule has 1 N–H and O–H groups in total. The molecule has 160 valence electrons. The number of nitrogens with zero attached hydrogens (tertiary/aromatic N) is 2. The number of ether oxygens (including phenoxy) is 1. The molecule has 1 saturated heterocycles. The number of rotatable bonds is 5. The average molecular weight is 454 g/mol. The number of anilines is 1. The van der Waals surface area contributed by atoms with E-state index in [2.05, 4.69) is 5.32 Å². The smallest absolute Gasteiger partial charge is 0.271 e. The van der Waals surface area contributed by atoms with Crippen molar-refractivity contribution >= 4 is 38.9 Å². The number of non-ortho nitro benzene ring substituents is 1. The third-order valence-corrected chi connectivity index (χ3v) is 6.83. The topological polar surface area (TPSA) is 119 Å². The lowest BCUT2D eigenvalue weighted by Crippen LogP contribution is -2.48. The quantitative estimate of drug-likeness (QED) is 0.548. The summed E-state index contributed by atoms with van der Waals surface area (Å²) in [6.07, 6.45) is -0.551. The number of halogens is 1. The Morgan fingerprint density at radius 2 is 1.87 bits per heavy atom. The van der Waals surface area contributed by atoms with Gasteiger partial charge < -0.3 is 10.1 Å². The number of nitro groups is 1. The summed E-state index contributed by atoms with van der Waals surface area (Å²) in [6, 6.07) is 9.37. The number of hydrogen-bond acceptors (Lipinski definition) is 6. The Bertz CT molecular complexity index is 1080. The molecule has 1 aliphatic heterocycles. The summed E-state index contributed by atoms with van der Waals surface area (Å²) in [5.74, 6) is -0.618. The van der Waals surface area contributed by atoms with Gasteiger partial charge in [-0.1, -0.05) is 17.7 Å². The van der Waals surface area contributed by atoms with E-state index in [1.165, 1.54) is 46.8 Å². The average Bonchev–Trinajstić information content (AvgIpc) is 2.67. The van der Waals surface area contributed by atoms with Crippen LogP contribution in [0.2, 0.25) is 5.02 Å². The van der Waals surface area contributed by atoms with Crippen molar-refractivity contribution in [2.24, 2.45) is 0 Å². The molecular formula is C19H20ClN3O6S. The molecule has 9 nitrogen and oxygen atoms in total. The minimum atomic E-state index is -3.95. The number of hydrogen-bond donors (Lipinski definition) is 1. The number of sulfonamides is 1. The zero-order valence-corrected chi connectivity index (χ0v) is 17.8. The van der Waals surface area contributed by atoms with Gasteiger partial charge in [0.15, 0.2) is 0 Å². The van der Waals surface area contributed by atoms with Crippen LogP contribution in [0.25, 0.3) is 0 Å². The minimum absolute atomic E-state index is 0.00584. The molecule has 11 heteroatoms. The maximum atomic E-state index is 13.1. The summed E-state index contributed by atoms with van der Waals surface area (Å²) in [6.45, 7) is 3.91. The van der Waals surface area contributed by atoms with Crippen molar-refractivity contribution in [3.05, 3.63) is 63.2 Å². The second-order valence-corrected chi connectivity index (χ2v) is 9.30. The zero-order chi connectivity index (χ0) is 22.1. The molecule has 2 atom stereocenters. The van der Waals surface area contributed by atoms with E-state index in [1.54, 1.807) is 13.8 Å². The van der Waals surface area contributed by atoms with E-state index in [0.717, 1.165) is 0 Å². The van der Waals surface area contributed by atoms with Crippen LogP contribution < -0.4 is 5.32 Å². The monoisotopic (exact) mass is 453 g/mol. The van der Waals surface area contributed by atoms with Crippen LogP contribution >= 0.6 is 11.6 Å². The summed E-state index contributed by atoms with van der Waals surface area (Å²) in [4.78, 5) is 22.7. The van der Waals surface area contributed by atoms with Gasteiger partial charge in [-0.25, -0.2) is 8.42 Å². The molecule has 30 heavy (non-hydrogen) atoms. The Kier molecular flexibility index (Phi) is 6.41. The van der Waals surface area contributed by atoms with Crippen molar-refractivity contribution < 1.29 is 22.9 Å². The number of carbonyl (C=O) groups excluding carboxylic acids is 1. The van der Waals surface area contributed by atoms with E-state index in [0.29, 0.717) is 0 Å². The third-order valence-electron chi connectivity index (χ3n) is 4.51. The van der Waals surface area contributed by atoms with Crippen molar-refractivity contribution in [3.63, 3.8) is 0 Å². The highest BCUT2D eigenvalue weighted by Gasteiger charge is 2.33. The lowest BCUT2D eigenvalue weighted by atomic mass is 10.2. The Morgan fingerprint density at radius 1 is 1.20 bits per heavy atom. The van der Waals surface area contributed by atoms with Crippen LogP contribution in [-0.4, -0.2) is 48.9 Å². The fourth-order valence-electron chi connectivity index (χ4n) is 3.21. The van der Waals surface area contributed by atoms with Crippen molar-refractivity contribution in [3.8, 4) is 0 Å². The van der Waals surface area contributed by atoms with Gasteiger partial charge >= 0.3 is 0 Å². The number of carbonyl (C=O) groups is 1. The number of nitrogens with one attached hydrogen (secondary N) is 1. The highest BCUT2D eigenvalue weighted by molar-refractivity contribution is 7.89. The lowest BCUT2D eigenvalue weighted by Gasteiger charge is -2.34. The van der Waals surface area contributed by atoms with E-state index in [1.807, 2.05) is 0 Å². The fraction of sp³-hybridized carbons (Fsp3) is 0.316. The standard InChI is InChI=1S/C19H20ClN3O6S/c1-12-10-22(11-13(2)29-12)30(27,28)18-8-14(6-7-17(18)20)19(24)21-15-4-3-5-16(9-15)23(25)26/h3-9,12-13H,10-11H2,1-2H3,(H,21,24). The maximum Gasteiger partial charge on any atom is 0.271 e. The summed E-state index contributed by atoms with van der Waals surface area (Å²) < 4.78 is 33.1. The van der Waals surface area contributed by atoms with Crippen LogP contribution in [0, 0.1) is 10.1 Å². The first-order valence-corrected chi connectivity index (χ1v) is 10.9. The van der Waals surface area contributed by atoms with Gasteiger partial charge in [0.2, 0.25) is 10.0 Å². The Labute approximate surface area is 178 Å². The van der Waals surface area contributed by atoms with Gasteiger partial charge in [0.25, 0.3) is 11.6 Å². The number of nitro benzene ring substituents is 1. The Hall–Kier alpha value is -2.53. The molecule has 1 fully saturated rings. The van der Waals surface area contributed by atoms with Crippen molar-refractivity contribution in [2.45, 2.75) is 31.0 Å². The largest absolute Gasteiger partial charge is 0.373 e. The van der Waals surface area contributed by atoms with E-state index < -0.39 is 20.9 Å². The van der Waals surface area contributed by atoms with Crippen LogP contribution in [-0.2, 0) is 14.8 Å². The highest BCUT2D eigenvalue weighted by atomic mass is 35.5. The molecule has 0 saturated carbocycles. The molecule has 3 rings (SSSR count). The summed E-state index contributed by atoms with van der Waals surface area (Å²) in [5.41, 5.74) is 0.0888. The first-order chi connectivity index (χ1) is 14.1. The summed E-state index contributed by atoms with van der Waals surface area (Å²) >= 11 is 6.15. The van der Waals surface area contributed by atoms with Gasteiger partial charge in [0.1, 0.15) is 4.90 Å². The molecule has 1 heterocycles. The van der Waals surface area contributed by atoms with Crippen molar-refractivity contribution in [2.75, 3.05) is 18.4 Å². The highest BCUT2D eigenvalue weighted by Crippen LogP contribution is 2.28. The molecule has 0 spiro atoms. The van der Waals surface area contributed by atoms with Crippen LogP contribution in [0.5, 0.6) is 0 Å². The van der Waals surface area contributed by atoms with Crippen molar-refractivity contribution in [1.29, 1.82) is 0 Å². The van der Waals surface area contributed by atoms with Gasteiger partial charge in [-0.05, 0) is 38.1 Å². The van der Waals surface area contributed by atoms with Crippen LogP contribution in [0.15, 0.2) is 47.4 Å². The van der Waals surface area contributed by atoms with Crippen LogP contribution in [0.1, 0.15) is 24.2 Å². The molecule has 2 aromatic rings. The first kappa shape index (κ1) is 22.2. The van der Waals surface area contributed by atoms with Crippen LogP contribution in [0.4, 0.5) is 11.4 Å². The third kappa shape index (κ3) is 4.78. The minimum Gasteiger partial charge on any atom is -0.373 e. The summed E-state index contributed by atoms with van der Waals surface area (Å²) in [7, 11) is -3.95. The number of amides is 1. The molecule has 0 radical (unpaired) electrons. The zero-order valence-electron chi connectivity index (χ0n) is 16.2. The molecule has 0 aromatic heterocycles. The Balaban J connectivity index is 1.88. The van der Waals surface area contributed by atoms with E-state index >= 15 is 0 Å². The Morgan fingerprint density at radius 3 is 2.50 bits per heavy atom. The van der Waals surface area contributed by atoms with Crippen molar-refractivity contribution in [1.82, 2.24) is 4.31 Å². The molecule has 2 unspecified atom stereocenters. The van der Waals surface area contributed by atoms with E-state index in [-0.39, 0.29) is 52.2 Å². The van der Waals surface area contributed by atoms with E-state index in [9.17, 15) is 23.3 Å². The van der Waals surface area contributed by atoms with Gasteiger partial charge in [-0.2, -0.15) is 4.31 Å². The molecule has 1 amide bonds. The molecule has 0 bridgehead atoms. The second-order valence-electron chi connectivity index (χ2n) is 6.99. The van der Waals surface area contributed by atoms with E-state index in [4.69, 9.17) is 16.3 Å². The number of benzene rings is 2. The second kappa shape index (κ2) is 8.68. The fourth-order valence-corrected chi connectivity index (χ4v) is 5.30. The van der Waals surface area contributed by atoms with Gasteiger partial charge in [0, 0.05) is 36.5 Å². The predicted octanol–water partition coefficient (Wildman–Crippen LogP) is 3.30. The normalized spacial score (nSPS) is 20.0. The summed E-state index contributed by atoms with van der Waals surface area (Å²) in [5, 5.41) is 13.4. The van der Waals surface area contributed by atoms with Crippen LogP contribution in [0.3, 0.4) is 0 Å². The molecule has 2 aromatic carbocycles. The maximum absolute atomic E-state index is 13.1. The molecular weight excluding hydrogens is 434 g/mol. The van der Waals surface area contributed by atoms with Gasteiger partial charge in [-0.15, -0.1) is 0 Å². The first-order valence-electron chi connectivity index (χ1n) is 9.09. The number of morpholine rings is 1. The molecule has 0 aliphatic carbocycles. The van der Waals surface area contributed by atoms with Gasteiger partial charge in [0.05, 0.1) is 22.2 Å². The SMILES string of the molecule is CC1CN(S(=O)(=O)c2cc(C(=O)Nc3cccc([N+](=O)[O-])c3)ccc2Cl)CC(C)O1. The predicted molar refractivity (Wildman–Crippen MR) is 111 cm³/mol. The molecule has 1 aliphatic rings. The lowest BCUT2D eigenvalue weighted by molar-refractivity contribution is -0.384. The van der Waals surface area contributed by atoms with Gasteiger partial charge in [-0.3, -0.25) is 14.9 Å².